The Labute approximate surface area is 79.5 Å². The Morgan fingerprint density at radius 1 is 1.58 bits per heavy atom. The van der Waals surface area contributed by atoms with Crippen LogP contribution in [-0.2, 0) is 0 Å². The van der Waals surface area contributed by atoms with Crippen molar-refractivity contribution in [2.75, 3.05) is 5.88 Å². The Balaban J connectivity index is 3.05. The van der Waals surface area contributed by atoms with Crippen LogP contribution in [0.25, 0.3) is 0 Å². The van der Waals surface area contributed by atoms with E-state index < -0.39 is 5.95 Å². The average molecular weight is 204 g/mol. The van der Waals surface area contributed by atoms with Gasteiger partial charge in [0.1, 0.15) is 0 Å². The summed E-state index contributed by atoms with van der Waals surface area (Å²) in [5.41, 5.74) is 0.170. The summed E-state index contributed by atoms with van der Waals surface area (Å²) in [6, 6.07) is 1.41. The molecule has 0 N–H and O–H groups in total. The van der Waals surface area contributed by atoms with Gasteiger partial charge in [-0.3, -0.25) is 0 Å². The number of halogens is 3. The molecule has 4 heteroatoms. The molecule has 0 aliphatic heterocycles. The summed E-state index contributed by atoms with van der Waals surface area (Å²) >= 11 is 10.9. The van der Waals surface area contributed by atoms with Crippen molar-refractivity contribution in [2.24, 2.45) is 0 Å². The van der Waals surface area contributed by atoms with E-state index in [0.717, 1.165) is 0 Å². The fraction of sp³-hybridized carbons (Fsp3) is 0.125. The second-order valence-electron chi connectivity index (χ2n) is 1.93. The van der Waals surface area contributed by atoms with Gasteiger partial charge in [0.05, 0.1) is 16.5 Å². The van der Waals surface area contributed by atoms with Gasteiger partial charge in [0.2, 0.25) is 5.95 Å². The zero-order chi connectivity index (χ0) is 8.97. The Morgan fingerprint density at radius 3 is 3.00 bits per heavy atom. The molecule has 0 amide bonds. The molecule has 0 bridgehead atoms. The minimum atomic E-state index is -0.628. The molecule has 1 nitrogen and oxygen atoms in total. The fourth-order valence-corrected chi connectivity index (χ4v) is 0.864. The summed E-state index contributed by atoms with van der Waals surface area (Å²) in [5.74, 6) is 4.54. The highest BCUT2D eigenvalue weighted by Crippen LogP contribution is 2.10. The molecule has 1 aromatic rings. The molecule has 0 fully saturated rings. The van der Waals surface area contributed by atoms with Crippen LogP contribution in [0.2, 0.25) is 5.02 Å². The molecule has 1 heterocycles. The lowest BCUT2D eigenvalue weighted by Crippen LogP contribution is -1.87. The van der Waals surface area contributed by atoms with Gasteiger partial charge in [-0.25, -0.2) is 4.98 Å². The standard InChI is InChI=1S/C8H4Cl2FN/c9-3-1-2-6-4-7(10)5-12-8(6)11/h4-5H,3H2. The van der Waals surface area contributed by atoms with Crippen LogP contribution >= 0.6 is 23.2 Å². The zero-order valence-electron chi connectivity index (χ0n) is 5.94. The van der Waals surface area contributed by atoms with Crippen molar-refractivity contribution in [3.63, 3.8) is 0 Å². The first kappa shape index (κ1) is 9.31. The van der Waals surface area contributed by atoms with E-state index in [9.17, 15) is 4.39 Å². The molecular weight excluding hydrogens is 200 g/mol. The molecule has 0 atom stereocenters. The highest BCUT2D eigenvalue weighted by molar-refractivity contribution is 6.30. The quantitative estimate of drug-likeness (QED) is 0.359. The van der Waals surface area contributed by atoms with Crippen LogP contribution in [0.15, 0.2) is 12.3 Å². The fourth-order valence-electron chi connectivity index (χ4n) is 0.639. The first-order valence-corrected chi connectivity index (χ1v) is 4.01. The third-order valence-electron chi connectivity index (χ3n) is 1.10. The number of alkyl halides is 1. The predicted octanol–water partition coefficient (Wildman–Crippen LogP) is 2.46. The first-order chi connectivity index (χ1) is 5.74. The van der Waals surface area contributed by atoms with Crippen molar-refractivity contribution >= 4 is 23.2 Å². The molecule has 0 aliphatic rings. The molecule has 0 spiro atoms. The summed E-state index contributed by atoms with van der Waals surface area (Å²) in [4.78, 5) is 3.39. The second-order valence-corrected chi connectivity index (χ2v) is 2.63. The maximum atomic E-state index is 12.8. The van der Waals surface area contributed by atoms with Crippen molar-refractivity contribution in [3.8, 4) is 11.8 Å². The van der Waals surface area contributed by atoms with E-state index in [-0.39, 0.29) is 11.4 Å². The predicted molar refractivity (Wildman–Crippen MR) is 46.8 cm³/mol. The molecule has 12 heavy (non-hydrogen) atoms. The van der Waals surface area contributed by atoms with Crippen LogP contribution in [0.1, 0.15) is 5.56 Å². The minimum absolute atomic E-state index is 0.159. The largest absolute Gasteiger partial charge is 0.228 e. The number of aromatic nitrogens is 1. The molecule has 0 aromatic carbocycles. The second kappa shape index (κ2) is 4.30. The molecule has 0 radical (unpaired) electrons. The van der Waals surface area contributed by atoms with Gasteiger partial charge < -0.3 is 0 Å². The van der Waals surface area contributed by atoms with Crippen molar-refractivity contribution < 1.29 is 4.39 Å². The Morgan fingerprint density at radius 2 is 2.33 bits per heavy atom. The van der Waals surface area contributed by atoms with E-state index in [1.165, 1.54) is 12.3 Å². The monoisotopic (exact) mass is 203 g/mol. The van der Waals surface area contributed by atoms with Crippen molar-refractivity contribution in [1.29, 1.82) is 0 Å². The maximum Gasteiger partial charge on any atom is 0.228 e. The summed E-state index contributed by atoms with van der Waals surface area (Å²) in [6.07, 6.45) is 1.22. The summed E-state index contributed by atoms with van der Waals surface area (Å²) < 4.78 is 12.8. The molecule has 62 valence electrons. The third kappa shape index (κ3) is 2.37. The molecule has 0 saturated heterocycles. The smallest absolute Gasteiger partial charge is 0.226 e. The number of hydrogen-bond donors (Lipinski definition) is 0. The topological polar surface area (TPSA) is 12.9 Å². The Hall–Kier alpha value is -0.780. The van der Waals surface area contributed by atoms with Gasteiger partial charge >= 0.3 is 0 Å². The number of rotatable bonds is 0. The van der Waals surface area contributed by atoms with Gasteiger partial charge in [0.15, 0.2) is 0 Å². The summed E-state index contributed by atoms with van der Waals surface area (Å²) in [5, 5.41) is 0.357. The van der Waals surface area contributed by atoms with Crippen LogP contribution in [0.4, 0.5) is 4.39 Å². The SMILES string of the molecule is Fc1ncc(Cl)cc1C#CCCl. The van der Waals surface area contributed by atoms with Crippen molar-refractivity contribution in [3.05, 3.63) is 28.8 Å². The lowest BCUT2D eigenvalue weighted by atomic mass is 10.3. The first-order valence-electron chi connectivity index (χ1n) is 3.10. The third-order valence-corrected chi connectivity index (χ3v) is 1.44. The Bertz CT molecular complexity index is 341. The van der Waals surface area contributed by atoms with E-state index in [2.05, 4.69) is 16.8 Å². The summed E-state index contributed by atoms with van der Waals surface area (Å²) in [7, 11) is 0. The van der Waals surface area contributed by atoms with Gasteiger partial charge in [-0.15, -0.1) is 11.6 Å². The minimum Gasteiger partial charge on any atom is -0.226 e. The van der Waals surface area contributed by atoms with Crippen LogP contribution in [0.3, 0.4) is 0 Å². The van der Waals surface area contributed by atoms with Gasteiger partial charge in [0.25, 0.3) is 0 Å². The van der Waals surface area contributed by atoms with E-state index in [4.69, 9.17) is 23.2 Å². The average Bonchev–Trinajstić information content (AvgIpc) is 2.07. The summed E-state index contributed by atoms with van der Waals surface area (Å²) in [6.45, 7) is 0. The normalized spacial score (nSPS) is 8.92. The molecule has 0 unspecified atom stereocenters. The number of hydrogen-bond acceptors (Lipinski definition) is 1. The number of pyridine rings is 1. The highest BCUT2D eigenvalue weighted by Gasteiger charge is 1.99. The zero-order valence-corrected chi connectivity index (χ0v) is 7.45. The van der Waals surface area contributed by atoms with Gasteiger partial charge in [-0.2, -0.15) is 4.39 Å². The van der Waals surface area contributed by atoms with Crippen LogP contribution < -0.4 is 0 Å². The van der Waals surface area contributed by atoms with Crippen LogP contribution in [0, 0.1) is 17.8 Å². The van der Waals surface area contributed by atoms with E-state index in [1.54, 1.807) is 0 Å². The molecular formula is C8H4Cl2FN. The molecule has 0 saturated carbocycles. The number of nitrogens with zero attached hydrogens (tertiary/aromatic N) is 1. The van der Waals surface area contributed by atoms with Crippen LogP contribution in [0.5, 0.6) is 0 Å². The van der Waals surface area contributed by atoms with E-state index in [1.807, 2.05) is 0 Å². The lowest BCUT2D eigenvalue weighted by Gasteiger charge is -1.92. The van der Waals surface area contributed by atoms with E-state index in [0.29, 0.717) is 5.02 Å². The molecule has 1 rings (SSSR count). The van der Waals surface area contributed by atoms with Crippen molar-refractivity contribution in [1.82, 2.24) is 4.98 Å². The van der Waals surface area contributed by atoms with Gasteiger partial charge in [-0.1, -0.05) is 23.4 Å². The molecule has 1 aromatic heterocycles. The lowest BCUT2D eigenvalue weighted by molar-refractivity contribution is 0.580. The molecule has 0 aliphatic carbocycles. The van der Waals surface area contributed by atoms with E-state index >= 15 is 0 Å². The van der Waals surface area contributed by atoms with Crippen LogP contribution in [-0.4, -0.2) is 10.9 Å². The maximum absolute atomic E-state index is 12.8. The van der Waals surface area contributed by atoms with Gasteiger partial charge in [0, 0.05) is 6.20 Å². The highest BCUT2D eigenvalue weighted by atomic mass is 35.5. The Kier molecular flexibility index (Phi) is 3.33. The van der Waals surface area contributed by atoms with Crippen molar-refractivity contribution in [2.45, 2.75) is 0 Å². The van der Waals surface area contributed by atoms with Gasteiger partial charge in [-0.05, 0) is 6.07 Å².